The number of carbonyl (C=O) groups excluding carboxylic acids is 3. The minimum Gasteiger partial charge on any atom is -0.508 e. The van der Waals surface area contributed by atoms with Crippen molar-refractivity contribution in [3.05, 3.63) is 69.2 Å². The van der Waals surface area contributed by atoms with Crippen LogP contribution in [0.3, 0.4) is 0 Å². The van der Waals surface area contributed by atoms with E-state index in [9.17, 15) is 19.5 Å². The summed E-state index contributed by atoms with van der Waals surface area (Å²) in [7, 11) is 1.22. The Hall–Kier alpha value is -3.99. The summed E-state index contributed by atoms with van der Waals surface area (Å²) in [6, 6.07) is 9.47. The molecule has 0 aliphatic heterocycles. The van der Waals surface area contributed by atoms with Crippen LogP contribution in [0.2, 0.25) is 0 Å². The molecule has 1 atom stereocenters. The molecule has 0 unspecified atom stereocenters. The summed E-state index contributed by atoms with van der Waals surface area (Å²) in [6.07, 6.45) is 2.05. The molecule has 3 aromatic rings. The maximum Gasteiger partial charge on any atom is 0.330 e. The maximum atomic E-state index is 13.2. The van der Waals surface area contributed by atoms with E-state index in [2.05, 4.69) is 25.9 Å². The van der Waals surface area contributed by atoms with Crippen molar-refractivity contribution >= 4 is 35.1 Å². The lowest BCUT2D eigenvalue weighted by Gasteiger charge is -2.19. The second kappa shape index (κ2) is 13.4. The molecule has 3 rings (SSSR count). The van der Waals surface area contributed by atoms with E-state index < -0.39 is 17.9 Å². The molecule has 0 fully saturated rings. The maximum absolute atomic E-state index is 13.2. The van der Waals surface area contributed by atoms with Gasteiger partial charge in [0.1, 0.15) is 11.8 Å². The normalized spacial score (nSPS) is 11.4. The van der Waals surface area contributed by atoms with Crippen molar-refractivity contribution in [3.8, 4) is 5.75 Å². The number of benzene rings is 1. The quantitative estimate of drug-likeness (QED) is 0.209. The van der Waals surface area contributed by atoms with Crippen LogP contribution in [0.15, 0.2) is 41.8 Å². The van der Waals surface area contributed by atoms with Crippen molar-refractivity contribution < 1.29 is 24.2 Å². The number of aryl methyl sites for hydroxylation is 3. The summed E-state index contributed by atoms with van der Waals surface area (Å²) in [5, 5.41) is 19.9. The van der Waals surface area contributed by atoms with E-state index in [1.807, 2.05) is 19.1 Å². The monoisotopic (exact) mass is 525 g/mol. The molecule has 1 aromatic carbocycles. The van der Waals surface area contributed by atoms with Gasteiger partial charge in [0, 0.05) is 13.1 Å². The van der Waals surface area contributed by atoms with E-state index in [-0.39, 0.29) is 23.8 Å². The Morgan fingerprint density at radius 2 is 1.95 bits per heavy atom. The first-order valence-electron chi connectivity index (χ1n) is 11.9. The number of esters is 1. The van der Waals surface area contributed by atoms with E-state index in [0.29, 0.717) is 35.2 Å². The first-order valence-corrected chi connectivity index (χ1v) is 12.8. The SMILES string of the molecule is CCc1nc(NCCCc2cccc(O)c2)nc(C)c1C(=O)N[C@@H](CNC(=O)c1cccs1)C(=O)OC. The lowest BCUT2D eigenvalue weighted by atomic mass is 10.1. The summed E-state index contributed by atoms with van der Waals surface area (Å²) in [6.45, 7) is 4.07. The highest BCUT2D eigenvalue weighted by Crippen LogP contribution is 2.16. The van der Waals surface area contributed by atoms with Crippen LogP contribution in [0, 0.1) is 6.92 Å². The summed E-state index contributed by atoms with van der Waals surface area (Å²) < 4.78 is 4.81. The molecular formula is C26H31N5O5S. The summed E-state index contributed by atoms with van der Waals surface area (Å²) in [4.78, 5) is 47.2. The number of amides is 2. The average molecular weight is 526 g/mol. The number of nitrogens with zero attached hydrogens (tertiary/aromatic N) is 2. The van der Waals surface area contributed by atoms with E-state index in [0.717, 1.165) is 18.4 Å². The summed E-state index contributed by atoms with van der Waals surface area (Å²) in [5.74, 6) is -0.891. The number of hydrogen-bond donors (Lipinski definition) is 4. The van der Waals surface area contributed by atoms with Crippen molar-refractivity contribution in [1.29, 1.82) is 0 Å². The third-order valence-corrected chi connectivity index (χ3v) is 6.43. The Balaban J connectivity index is 1.63. The average Bonchev–Trinajstić information content (AvgIpc) is 3.43. The van der Waals surface area contributed by atoms with E-state index >= 15 is 0 Å². The van der Waals surface area contributed by atoms with Crippen molar-refractivity contribution in [3.63, 3.8) is 0 Å². The molecule has 0 aliphatic carbocycles. The fraction of sp³-hybridized carbons (Fsp3) is 0.346. The van der Waals surface area contributed by atoms with Gasteiger partial charge in [0.25, 0.3) is 11.8 Å². The highest BCUT2D eigenvalue weighted by atomic mass is 32.1. The van der Waals surface area contributed by atoms with Crippen LogP contribution in [0.1, 0.15) is 50.3 Å². The number of methoxy groups -OCH3 is 1. The number of carbonyl (C=O) groups is 3. The Labute approximate surface area is 219 Å². The molecule has 2 heterocycles. The minimum atomic E-state index is -1.08. The van der Waals surface area contributed by atoms with Gasteiger partial charge in [0.05, 0.1) is 28.9 Å². The van der Waals surface area contributed by atoms with Gasteiger partial charge in [-0.05, 0) is 55.3 Å². The number of hydrogen-bond acceptors (Lipinski definition) is 9. The molecule has 10 nitrogen and oxygen atoms in total. The zero-order chi connectivity index (χ0) is 26.8. The predicted molar refractivity (Wildman–Crippen MR) is 141 cm³/mol. The number of ether oxygens (including phenoxy) is 1. The Morgan fingerprint density at radius 3 is 2.62 bits per heavy atom. The minimum absolute atomic E-state index is 0.130. The third kappa shape index (κ3) is 7.74. The molecule has 0 saturated heterocycles. The third-order valence-electron chi connectivity index (χ3n) is 5.57. The van der Waals surface area contributed by atoms with Gasteiger partial charge in [-0.1, -0.05) is 25.1 Å². The van der Waals surface area contributed by atoms with Crippen molar-refractivity contribution in [2.75, 3.05) is 25.5 Å². The molecule has 0 bridgehead atoms. The van der Waals surface area contributed by atoms with Crippen LogP contribution in [-0.2, 0) is 22.4 Å². The van der Waals surface area contributed by atoms with Gasteiger partial charge in [0.15, 0.2) is 0 Å². The van der Waals surface area contributed by atoms with Crippen LogP contribution in [-0.4, -0.2) is 59.1 Å². The van der Waals surface area contributed by atoms with Crippen LogP contribution in [0.25, 0.3) is 0 Å². The molecule has 4 N–H and O–H groups in total. The predicted octanol–water partition coefficient (Wildman–Crippen LogP) is 2.86. The first kappa shape index (κ1) is 27.6. The Morgan fingerprint density at radius 1 is 1.14 bits per heavy atom. The van der Waals surface area contributed by atoms with Gasteiger partial charge in [-0.3, -0.25) is 9.59 Å². The Kier molecular flexibility index (Phi) is 9.96. The van der Waals surface area contributed by atoms with Crippen LogP contribution in [0.4, 0.5) is 5.95 Å². The zero-order valence-electron chi connectivity index (χ0n) is 21.0. The Bertz CT molecular complexity index is 1230. The molecule has 0 spiro atoms. The van der Waals surface area contributed by atoms with Crippen LogP contribution < -0.4 is 16.0 Å². The van der Waals surface area contributed by atoms with Crippen molar-refractivity contribution in [2.24, 2.45) is 0 Å². The summed E-state index contributed by atoms with van der Waals surface area (Å²) in [5.41, 5.74) is 2.32. The molecule has 0 saturated carbocycles. The second-order valence-electron chi connectivity index (χ2n) is 8.24. The lowest BCUT2D eigenvalue weighted by molar-refractivity contribution is -0.142. The number of aromatic nitrogens is 2. The van der Waals surface area contributed by atoms with Crippen molar-refractivity contribution in [1.82, 2.24) is 20.6 Å². The number of phenols is 1. The number of anilines is 1. The van der Waals surface area contributed by atoms with Gasteiger partial charge >= 0.3 is 5.97 Å². The molecule has 2 amide bonds. The number of nitrogens with one attached hydrogen (secondary N) is 3. The fourth-order valence-corrected chi connectivity index (χ4v) is 4.36. The second-order valence-corrected chi connectivity index (χ2v) is 9.19. The molecular weight excluding hydrogens is 494 g/mol. The molecule has 0 radical (unpaired) electrons. The standard InChI is InChI=1S/C26H31N5O5S/c1-4-19-22(16(2)29-26(31-19)27-12-6-9-17-8-5-10-18(32)14-17)24(34)30-20(25(35)36-3)15-28-23(33)21-11-7-13-37-21/h5,7-8,10-11,13-14,20,32H,4,6,9,12,15H2,1-3H3,(H,28,33)(H,30,34)(H,27,29,31)/t20-/m0/s1. The molecule has 196 valence electrons. The topological polar surface area (TPSA) is 143 Å². The van der Waals surface area contributed by atoms with Crippen LogP contribution >= 0.6 is 11.3 Å². The van der Waals surface area contributed by atoms with Gasteiger partial charge in [-0.2, -0.15) is 0 Å². The first-order chi connectivity index (χ1) is 17.8. The van der Waals surface area contributed by atoms with Gasteiger partial charge in [0.2, 0.25) is 5.95 Å². The van der Waals surface area contributed by atoms with Gasteiger partial charge < -0.3 is 25.8 Å². The molecule has 37 heavy (non-hydrogen) atoms. The number of thiophene rings is 1. The largest absolute Gasteiger partial charge is 0.508 e. The van der Waals surface area contributed by atoms with E-state index in [1.165, 1.54) is 18.4 Å². The number of rotatable bonds is 12. The van der Waals surface area contributed by atoms with Gasteiger partial charge in [-0.15, -0.1) is 11.3 Å². The fourth-order valence-electron chi connectivity index (χ4n) is 3.72. The zero-order valence-corrected chi connectivity index (χ0v) is 21.9. The highest BCUT2D eigenvalue weighted by molar-refractivity contribution is 7.12. The summed E-state index contributed by atoms with van der Waals surface area (Å²) >= 11 is 1.27. The highest BCUT2D eigenvalue weighted by Gasteiger charge is 2.26. The molecule has 11 heteroatoms. The number of phenolic OH excluding ortho intramolecular Hbond substituents is 1. The van der Waals surface area contributed by atoms with Crippen molar-refractivity contribution in [2.45, 2.75) is 39.2 Å². The van der Waals surface area contributed by atoms with Crippen LogP contribution in [0.5, 0.6) is 5.75 Å². The molecule has 0 aliphatic rings. The van der Waals surface area contributed by atoms with E-state index in [1.54, 1.807) is 36.6 Å². The lowest BCUT2D eigenvalue weighted by Crippen LogP contribution is -2.49. The smallest absolute Gasteiger partial charge is 0.330 e. The molecule has 2 aromatic heterocycles. The van der Waals surface area contributed by atoms with E-state index in [4.69, 9.17) is 4.74 Å². The number of aromatic hydroxyl groups is 1. The van der Waals surface area contributed by atoms with Gasteiger partial charge in [-0.25, -0.2) is 14.8 Å².